The molecule has 3 nitrogen and oxygen atoms in total. The maximum atomic E-state index is 5.83. The average molecular weight is 245 g/mol. The third-order valence-electron chi connectivity index (χ3n) is 3.52. The fourth-order valence-electron chi connectivity index (χ4n) is 2.16. The second-order valence-electron chi connectivity index (χ2n) is 5.29. The van der Waals surface area contributed by atoms with Crippen molar-refractivity contribution in [2.24, 2.45) is 16.1 Å². The minimum atomic E-state index is 0.375. The van der Waals surface area contributed by atoms with Gasteiger partial charge in [0.2, 0.25) is 0 Å². The molecule has 0 amide bonds. The molecule has 1 saturated carbocycles. The Kier molecular flexibility index (Phi) is 4.24. The Bertz CT molecular complexity index is 393. The summed E-state index contributed by atoms with van der Waals surface area (Å²) in [6, 6.07) is 10.7. The van der Waals surface area contributed by atoms with Crippen LogP contribution in [0.3, 0.4) is 0 Å². The smallest absolute Gasteiger partial charge is 0.188 e. The number of nitrogens with zero attached hydrogens (tertiary/aromatic N) is 1. The molecule has 0 heterocycles. The molecule has 3 heteroatoms. The predicted molar refractivity (Wildman–Crippen MR) is 76.6 cm³/mol. The van der Waals surface area contributed by atoms with Gasteiger partial charge in [-0.05, 0) is 36.7 Å². The Morgan fingerprint density at radius 1 is 1.33 bits per heavy atom. The van der Waals surface area contributed by atoms with Crippen molar-refractivity contribution in [2.75, 3.05) is 13.1 Å². The summed E-state index contributed by atoms with van der Waals surface area (Å²) in [5.74, 6) is 0.594. The summed E-state index contributed by atoms with van der Waals surface area (Å²) in [6.07, 6.45) is 4.74. The molecule has 1 aliphatic rings. The first-order chi connectivity index (χ1) is 8.74. The van der Waals surface area contributed by atoms with Crippen LogP contribution in [0.2, 0.25) is 0 Å². The van der Waals surface area contributed by atoms with E-state index in [1.165, 1.54) is 18.4 Å². The van der Waals surface area contributed by atoms with Gasteiger partial charge in [-0.25, -0.2) is 0 Å². The van der Waals surface area contributed by atoms with Crippen LogP contribution in [0.1, 0.15) is 31.7 Å². The van der Waals surface area contributed by atoms with Crippen LogP contribution in [0, 0.1) is 5.41 Å². The van der Waals surface area contributed by atoms with Gasteiger partial charge in [0.05, 0.1) is 0 Å². The zero-order valence-corrected chi connectivity index (χ0v) is 11.2. The first-order valence-corrected chi connectivity index (χ1v) is 6.82. The van der Waals surface area contributed by atoms with E-state index in [0.717, 1.165) is 25.9 Å². The number of aliphatic imine (C=N–C) groups is 1. The molecule has 1 aromatic rings. The van der Waals surface area contributed by atoms with Gasteiger partial charge in [-0.2, -0.15) is 0 Å². The summed E-state index contributed by atoms with van der Waals surface area (Å²) in [7, 11) is 0. The maximum Gasteiger partial charge on any atom is 0.188 e. The van der Waals surface area contributed by atoms with E-state index in [0.29, 0.717) is 11.4 Å². The fourth-order valence-corrected chi connectivity index (χ4v) is 2.16. The number of hydrogen-bond acceptors (Lipinski definition) is 1. The molecule has 3 N–H and O–H groups in total. The summed E-state index contributed by atoms with van der Waals surface area (Å²) in [4.78, 5) is 4.48. The monoisotopic (exact) mass is 245 g/mol. The molecule has 0 bridgehead atoms. The standard InChI is InChI=1S/C15H23N3/c1-2-10-17-14(16)18-12-15(8-9-15)11-13-6-4-3-5-7-13/h3-7H,2,8-12H2,1H3,(H3,16,17,18). The van der Waals surface area contributed by atoms with E-state index < -0.39 is 0 Å². The minimum absolute atomic E-state index is 0.375. The largest absolute Gasteiger partial charge is 0.370 e. The van der Waals surface area contributed by atoms with Crippen molar-refractivity contribution in [1.82, 2.24) is 5.32 Å². The van der Waals surface area contributed by atoms with E-state index >= 15 is 0 Å². The van der Waals surface area contributed by atoms with Crippen molar-refractivity contribution < 1.29 is 0 Å². The molecule has 0 aromatic heterocycles. The van der Waals surface area contributed by atoms with Crippen molar-refractivity contribution in [2.45, 2.75) is 32.6 Å². The number of benzene rings is 1. The molecule has 0 atom stereocenters. The molecule has 98 valence electrons. The minimum Gasteiger partial charge on any atom is -0.370 e. The fraction of sp³-hybridized carbons (Fsp3) is 0.533. The van der Waals surface area contributed by atoms with Crippen LogP contribution in [0.4, 0.5) is 0 Å². The van der Waals surface area contributed by atoms with Crippen LogP contribution >= 0.6 is 0 Å². The molecule has 0 aliphatic heterocycles. The highest BCUT2D eigenvalue weighted by Gasteiger charge is 2.42. The van der Waals surface area contributed by atoms with Gasteiger partial charge in [-0.1, -0.05) is 37.3 Å². The third kappa shape index (κ3) is 3.76. The van der Waals surface area contributed by atoms with Crippen LogP contribution in [0.15, 0.2) is 35.3 Å². The molecular weight excluding hydrogens is 222 g/mol. The predicted octanol–water partition coefficient (Wildman–Crippen LogP) is 2.32. The van der Waals surface area contributed by atoms with Gasteiger partial charge in [0.1, 0.15) is 0 Å². The number of nitrogens with two attached hydrogens (primary N) is 1. The Balaban J connectivity index is 1.85. The van der Waals surface area contributed by atoms with E-state index in [2.05, 4.69) is 47.6 Å². The van der Waals surface area contributed by atoms with Crippen LogP contribution in [0.5, 0.6) is 0 Å². The van der Waals surface area contributed by atoms with E-state index in [1.54, 1.807) is 0 Å². The number of hydrogen-bond donors (Lipinski definition) is 2. The summed E-state index contributed by atoms with van der Waals surface area (Å²) < 4.78 is 0. The molecule has 2 rings (SSSR count). The zero-order valence-electron chi connectivity index (χ0n) is 11.2. The van der Waals surface area contributed by atoms with Crippen LogP contribution in [-0.4, -0.2) is 19.0 Å². The van der Waals surface area contributed by atoms with Gasteiger partial charge in [-0.15, -0.1) is 0 Å². The average Bonchev–Trinajstić information content (AvgIpc) is 3.15. The highest BCUT2D eigenvalue weighted by molar-refractivity contribution is 5.77. The molecule has 18 heavy (non-hydrogen) atoms. The summed E-state index contributed by atoms with van der Waals surface area (Å²) in [5, 5.41) is 3.12. The van der Waals surface area contributed by atoms with E-state index in [-0.39, 0.29) is 0 Å². The number of guanidine groups is 1. The van der Waals surface area contributed by atoms with Crippen molar-refractivity contribution >= 4 is 5.96 Å². The van der Waals surface area contributed by atoms with E-state index in [4.69, 9.17) is 5.73 Å². The zero-order chi connectivity index (χ0) is 12.8. The highest BCUT2D eigenvalue weighted by atomic mass is 15.1. The summed E-state index contributed by atoms with van der Waals surface area (Å²) >= 11 is 0. The molecule has 1 fully saturated rings. The number of rotatable bonds is 6. The normalized spacial score (nSPS) is 17.5. The highest BCUT2D eigenvalue weighted by Crippen LogP contribution is 2.48. The maximum absolute atomic E-state index is 5.83. The van der Waals surface area contributed by atoms with Crippen LogP contribution in [0.25, 0.3) is 0 Å². The Hall–Kier alpha value is -1.51. The van der Waals surface area contributed by atoms with Gasteiger partial charge in [-0.3, -0.25) is 4.99 Å². The molecule has 0 radical (unpaired) electrons. The third-order valence-corrected chi connectivity index (χ3v) is 3.52. The molecular formula is C15H23N3. The van der Waals surface area contributed by atoms with Gasteiger partial charge in [0, 0.05) is 13.1 Å². The van der Waals surface area contributed by atoms with E-state index in [1.807, 2.05) is 0 Å². The van der Waals surface area contributed by atoms with Crippen molar-refractivity contribution in [1.29, 1.82) is 0 Å². The lowest BCUT2D eigenvalue weighted by molar-refractivity contribution is 0.521. The van der Waals surface area contributed by atoms with Gasteiger partial charge < -0.3 is 11.1 Å². The Morgan fingerprint density at radius 2 is 2.06 bits per heavy atom. The van der Waals surface area contributed by atoms with Crippen molar-refractivity contribution in [3.63, 3.8) is 0 Å². The molecule has 1 aromatic carbocycles. The molecule has 0 spiro atoms. The van der Waals surface area contributed by atoms with Crippen LogP contribution < -0.4 is 11.1 Å². The topological polar surface area (TPSA) is 50.4 Å². The molecule has 0 unspecified atom stereocenters. The second-order valence-corrected chi connectivity index (χ2v) is 5.29. The summed E-state index contributed by atoms with van der Waals surface area (Å²) in [5.41, 5.74) is 7.61. The Morgan fingerprint density at radius 3 is 2.67 bits per heavy atom. The summed E-state index contributed by atoms with van der Waals surface area (Å²) in [6.45, 7) is 3.88. The van der Waals surface area contributed by atoms with Crippen LogP contribution in [-0.2, 0) is 6.42 Å². The SMILES string of the molecule is CCCNC(N)=NCC1(Cc2ccccc2)CC1. The van der Waals surface area contributed by atoms with Gasteiger partial charge in [0.25, 0.3) is 0 Å². The lowest BCUT2D eigenvalue weighted by atomic mass is 9.97. The van der Waals surface area contributed by atoms with E-state index in [9.17, 15) is 0 Å². The lowest BCUT2D eigenvalue weighted by Gasteiger charge is -2.13. The first kappa shape index (κ1) is 12.9. The van der Waals surface area contributed by atoms with Gasteiger partial charge in [0.15, 0.2) is 5.96 Å². The van der Waals surface area contributed by atoms with Crippen molar-refractivity contribution in [3.05, 3.63) is 35.9 Å². The van der Waals surface area contributed by atoms with Gasteiger partial charge >= 0.3 is 0 Å². The lowest BCUT2D eigenvalue weighted by Crippen LogP contribution is -2.33. The molecule has 0 saturated heterocycles. The quantitative estimate of drug-likeness (QED) is 0.597. The number of nitrogens with one attached hydrogen (secondary N) is 1. The molecule has 1 aliphatic carbocycles. The first-order valence-electron chi connectivity index (χ1n) is 6.82. The van der Waals surface area contributed by atoms with Crippen molar-refractivity contribution in [3.8, 4) is 0 Å². The second kappa shape index (κ2) is 5.89. The Labute approximate surface area is 109 Å².